The fourth-order valence-corrected chi connectivity index (χ4v) is 3.53. The number of pyridine rings is 1. The van der Waals surface area contributed by atoms with Gasteiger partial charge in [-0.2, -0.15) is 0 Å². The third kappa shape index (κ3) is 4.05. The first kappa shape index (κ1) is 17.2. The predicted molar refractivity (Wildman–Crippen MR) is 94.3 cm³/mol. The van der Waals surface area contributed by atoms with Crippen molar-refractivity contribution in [1.29, 1.82) is 0 Å². The molecule has 6 nitrogen and oxygen atoms in total. The Labute approximate surface area is 143 Å². The van der Waals surface area contributed by atoms with Gasteiger partial charge in [-0.05, 0) is 51.2 Å². The van der Waals surface area contributed by atoms with Crippen molar-refractivity contribution in [3.63, 3.8) is 0 Å². The Morgan fingerprint density at radius 3 is 2.75 bits per heavy atom. The van der Waals surface area contributed by atoms with Crippen LogP contribution in [0.4, 0.5) is 5.82 Å². The van der Waals surface area contributed by atoms with E-state index in [1.165, 1.54) is 12.8 Å². The Hall–Kier alpha value is -1.66. The minimum absolute atomic E-state index is 0.332. The van der Waals surface area contributed by atoms with Gasteiger partial charge >= 0.3 is 0 Å². The zero-order valence-corrected chi connectivity index (χ0v) is 14.7. The number of hydrogen-bond acceptors (Lipinski definition) is 5. The number of piperidine rings is 1. The molecule has 6 heteroatoms. The summed E-state index contributed by atoms with van der Waals surface area (Å²) in [6, 6.07) is 2.16. The largest absolute Gasteiger partial charge is 0.377 e. The first-order valence-corrected chi connectivity index (χ1v) is 8.91. The molecule has 132 valence electrons. The summed E-state index contributed by atoms with van der Waals surface area (Å²) in [7, 11) is 0. The van der Waals surface area contributed by atoms with E-state index in [0.717, 1.165) is 50.3 Å². The van der Waals surface area contributed by atoms with Gasteiger partial charge in [0.05, 0.1) is 11.7 Å². The fraction of sp³-hybridized carbons (Fsp3) is 0.667. The van der Waals surface area contributed by atoms with E-state index < -0.39 is 5.91 Å². The molecule has 0 spiro atoms. The second kappa shape index (κ2) is 7.49. The maximum Gasteiger partial charge on any atom is 0.252 e. The molecular weight excluding hydrogens is 304 g/mol. The number of anilines is 1. The molecule has 1 aromatic rings. The van der Waals surface area contributed by atoms with Gasteiger partial charge in [0.15, 0.2) is 0 Å². The molecule has 1 atom stereocenters. The summed E-state index contributed by atoms with van der Waals surface area (Å²) in [5.41, 5.74) is 7.91. The number of nitrogens with one attached hydrogen (secondary N) is 1. The van der Waals surface area contributed by atoms with Crippen molar-refractivity contribution in [2.24, 2.45) is 5.73 Å². The third-order valence-corrected chi connectivity index (χ3v) is 5.15. The highest BCUT2D eigenvalue weighted by Crippen LogP contribution is 2.22. The Morgan fingerprint density at radius 1 is 1.38 bits per heavy atom. The Bertz CT molecular complexity index is 591. The van der Waals surface area contributed by atoms with E-state index in [0.29, 0.717) is 23.5 Å². The number of aryl methyl sites for hydroxylation is 2. The highest BCUT2D eigenvalue weighted by molar-refractivity contribution is 5.97. The summed E-state index contributed by atoms with van der Waals surface area (Å²) >= 11 is 0. The normalized spacial score (nSPS) is 22.7. The molecule has 0 radical (unpaired) electrons. The van der Waals surface area contributed by atoms with Crippen LogP contribution in [0.25, 0.3) is 0 Å². The molecule has 0 aromatic carbocycles. The van der Waals surface area contributed by atoms with Gasteiger partial charge < -0.3 is 20.7 Å². The average molecular weight is 332 g/mol. The summed E-state index contributed by atoms with van der Waals surface area (Å²) in [5.74, 6) is 0.201. The molecule has 0 saturated carbocycles. The van der Waals surface area contributed by atoms with Gasteiger partial charge in [-0.15, -0.1) is 0 Å². The number of rotatable bonds is 5. The first-order valence-electron chi connectivity index (χ1n) is 8.91. The lowest BCUT2D eigenvalue weighted by molar-refractivity contribution is 0.0654. The molecule has 2 aliphatic rings. The van der Waals surface area contributed by atoms with Crippen LogP contribution in [0.1, 0.15) is 47.3 Å². The van der Waals surface area contributed by atoms with Crippen molar-refractivity contribution in [2.45, 2.75) is 51.7 Å². The maximum atomic E-state index is 11.7. The van der Waals surface area contributed by atoms with Crippen LogP contribution in [0.15, 0.2) is 6.07 Å². The molecule has 1 aromatic heterocycles. The van der Waals surface area contributed by atoms with Crippen molar-refractivity contribution < 1.29 is 9.53 Å². The van der Waals surface area contributed by atoms with E-state index >= 15 is 0 Å². The van der Waals surface area contributed by atoms with Crippen LogP contribution in [0.5, 0.6) is 0 Å². The molecule has 3 N–H and O–H groups in total. The Balaban J connectivity index is 1.57. The Kier molecular flexibility index (Phi) is 5.36. The van der Waals surface area contributed by atoms with E-state index in [4.69, 9.17) is 10.5 Å². The molecule has 3 rings (SSSR count). The molecule has 1 unspecified atom stereocenters. The third-order valence-electron chi connectivity index (χ3n) is 5.15. The standard InChI is InChI=1S/C18H28N4O2/c1-12-10-16(17(19)23)18(20-13(12)2)21-14-5-7-22(8-6-14)11-15-4-3-9-24-15/h10,14-15H,3-9,11H2,1-2H3,(H2,19,23)(H,20,21). The van der Waals surface area contributed by atoms with Gasteiger partial charge in [0.2, 0.25) is 0 Å². The molecule has 2 saturated heterocycles. The van der Waals surface area contributed by atoms with Crippen LogP contribution in [-0.2, 0) is 4.74 Å². The molecule has 0 aliphatic carbocycles. The second-order valence-corrected chi connectivity index (χ2v) is 7.01. The zero-order chi connectivity index (χ0) is 17.1. The number of carbonyl (C=O) groups excluding carboxylic acids is 1. The van der Waals surface area contributed by atoms with Crippen LogP contribution < -0.4 is 11.1 Å². The highest BCUT2D eigenvalue weighted by Gasteiger charge is 2.25. The maximum absolute atomic E-state index is 11.7. The molecule has 0 bridgehead atoms. The van der Waals surface area contributed by atoms with Crippen LogP contribution in [0.3, 0.4) is 0 Å². The Morgan fingerprint density at radius 2 is 2.12 bits per heavy atom. The first-order chi connectivity index (χ1) is 11.5. The lowest BCUT2D eigenvalue weighted by Crippen LogP contribution is -2.42. The molecule has 24 heavy (non-hydrogen) atoms. The van der Waals surface area contributed by atoms with Gasteiger partial charge in [0.1, 0.15) is 5.82 Å². The number of nitrogens with zero attached hydrogens (tertiary/aromatic N) is 2. The van der Waals surface area contributed by atoms with Gasteiger partial charge in [0.25, 0.3) is 5.91 Å². The van der Waals surface area contributed by atoms with Crippen LogP contribution in [-0.4, -0.2) is 54.2 Å². The fourth-order valence-electron chi connectivity index (χ4n) is 3.53. The van der Waals surface area contributed by atoms with Gasteiger partial charge in [-0.1, -0.05) is 0 Å². The lowest BCUT2D eigenvalue weighted by Gasteiger charge is -2.34. The number of ether oxygens (including phenoxy) is 1. The van der Waals surface area contributed by atoms with E-state index in [1.807, 2.05) is 19.9 Å². The molecule has 1 amide bonds. The quantitative estimate of drug-likeness (QED) is 0.860. The monoisotopic (exact) mass is 332 g/mol. The average Bonchev–Trinajstić information content (AvgIpc) is 3.05. The lowest BCUT2D eigenvalue weighted by atomic mass is 10.0. The topological polar surface area (TPSA) is 80.5 Å². The summed E-state index contributed by atoms with van der Waals surface area (Å²) in [5, 5.41) is 3.44. The minimum atomic E-state index is -0.427. The number of nitrogens with two attached hydrogens (primary N) is 1. The second-order valence-electron chi connectivity index (χ2n) is 7.01. The van der Waals surface area contributed by atoms with E-state index in [-0.39, 0.29) is 0 Å². The number of hydrogen-bond donors (Lipinski definition) is 2. The molecule has 2 fully saturated rings. The van der Waals surface area contributed by atoms with Crippen LogP contribution in [0, 0.1) is 13.8 Å². The number of carbonyl (C=O) groups is 1. The van der Waals surface area contributed by atoms with E-state index in [1.54, 1.807) is 0 Å². The number of aromatic nitrogens is 1. The molecule has 3 heterocycles. The minimum Gasteiger partial charge on any atom is -0.377 e. The van der Waals surface area contributed by atoms with Crippen molar-refractivity contribution in [3.8, 4) is 0 Å². The van der Waals surface area contributed by atoms with Gasteiger partial charge in [-0.3, -0.25) is 4.79 Å². The SMILES string of the molecule is Cc1cc(C(N)=O)c(NC2CCN(CC3CCCO3)CC2)nc1C. The van der Waals surface area contributed by atoms with E-state index in [9.17, 15) is 4.79 Å². The van der Waals surface area contributed by atoms with Crippen molar-refractivity contribution >= 4 is 11.7 Å². The zero-order valence-electron chi connectivity index (χ0n) is 14.7. The summed E-state index contributed by atoms with van der Waals surface area (Å²) in [6.45, 7) is 7.96. The van der Waals surface area contributed by atoms with Crippen molar-refractivity contribution in [1.82, 2.24) is 9.88 Å². The van der Waals surface area contributed by atoms with E-state index in [2.05, 4.69) is 15.2 Å². The summed E-state index contributed by atoms with van der Waals surface area (Å²) < 4.78 is 5.73. The number of likely N-dealkylation sites (tertiary alicyclic amines) is 1. The highest BCUT2D eigenvalue weighted by atomic mass is 16.5. The summed E-state index contributed by atoms with van der Waals surface area (Å²) in [4.78, 5) is 18.7. The summed E-state index contributed by atoms with van der Waals surface area (Å²) in [6.07, 6.45) is 4.88. The smallest absolute Gasteiger partial charge is 0.252 e. The number of amides is 1. The van der Waals surface area contributed by atoms with Crippen LogP contribution >= 0.6 is 0 Å². The van der Waals surface area contributed by atoms with Gasteiger partial charge in [-0.25, -0.2) is 4.98 Å². The molecular formula is C18H28N4O2. The van der Waals surface area contributed by atoms with Crippen molar-refractivity contribution in [2.75, 3.05) is 31.6 Å². The van der Waals surface area contributed by atoms with Gasteiger partial charge in [0, 0.05) is 38.0 Å². The number of primary amides is 1. The van der Waals surface area contributed by atoms with Crippen LogP contribution in [0.2, 0.25) is 0 Å². The predicted octanol–water partition coefficient (Wildman–Crippen LogP) is 1.85. The van der Waals surface area contributed by atoms with Crippen molar-refractivity contribution in [3.05, 3.63) is 22.9 Å². The molecule has 2 aliphatic heterocycles.